The summed E-state index contributed by atoms with van der Waals surface area (Å²) in [5.74, 6) is 0.889. The van der Waals surface area contributed by atoms with Crippen LogP contribution in [0.1, 0.15) is 84.1 Å². The normalized spacial score (nSPS) is 16.4. The molecule has 0 radical (unpaired) electrons. The van der Waals surface area contributed by atoms with Gasteiger partial charge in [0.05, 0.1) is 6.61 Å². The Balaban J connectivity index is 1.26. The quantitative estimate of drug-likeness (QED) is 0.297. The van der Waals surface area contributed by atoms with E-state index in [-0.39, 0.29) is 12.4 Å². The molecule has 35 heavy (non-hydrogen) atoms. The third kappa shape index (κ3) is 10.5. The maximum absolute atomic E-state index is 11.9. The van der Waals surface area contributed by atoms with E-state index in [4.69, 9.17) is 18.9 Å². The molecule has 1 fully saturated rings. The molecule has 2 N–H and O–H groups in total. The topological polar surface area (TPSA) is 81.8 Å². The zero-order chi connectivity index (χ0) is 24.9. The van der Waals surface area contributed by atoms with Crippen molar-refractivity contribution in [2.75, 3.05) is 26.4 Å². The van der Waals surface area contributed by atoms with Crippen molar-refractivity contribution in [1.29, 1.82) is 0 Å². The Morgan fingerprint density at radius 1 is 1.09 bits per heavy atom. The summed E-state index contributed by atoms with van der Waals surface area (Å²) in [6.45, 7) is 8.49. The first kappa shape index (κ1) is 27.3. The number of unbranched alkanes of at least 4 members (excludes halogenated alkanes) is 5. The Morgan fingerprint density at radius 3 is 2.60 bits per heavy atom. The maximum Gasteiger partial charge on any atom is 0.407 e. The molecule has 0 bridgehead atoms. The van der Waals surface area contributed by atoms with Crippen LogP contribution in [0.25, 0.3) is 10.9 Å². The number of rotatable bonds is 14. The summed E-state index contributed by atoms with van der Waals surface area (Å²) in [5, 5.41) is 3.96. The molecule has 0 spiro atoms. The predicted molar refractivity (Wildman–Crippen MR) is 139 cm³/mol. The van der Waals surface area contributed by atoms with E-state index in [1.165, 1.54) is 38.5 Å². The van der Waals surface area contributed by atoms with Crippen LogP contribution >= 0.6 is 0 Å². The summed E-state index contributed by atoms with van der Waals surface area (Å²) in [5.41, 5.74) is 1.74. The van der Waals surface area contributed by atoms with E-state index in [1.54, 1.807) is 0 Å². The first-order valence-corrected chi connectivity index (χ1v) is 13.3. The van der Waals surface area contributed by atoms with E-state index in [1.807, 2.05) is 33.0 Å². The lowest BCUT2D eigenvalue weighted by atomic mass is 10.1. The molecule has 7 nitrogen and oxygen atoms in total. The number of ether oxygens (including phenoxy) is 4. The molecule has 2 heterocycles. The molecule has 2 aromatic rings. The molecule has 1 aromatic carbocycles. The van der Waals surface area contributed by atoms with Gasteiger partial charge >= 0.3 is 6.09 Å². The Hall–Kier alpha value is -2.25. The Bertz CT molecular complexity index is 883. The molecule has 1 unspecified atom stereocenters. The van der Waals surface area contributed by atoms with Crippen molar-refractivity contribution in [1.82, 2.24) is 10.3 Å². The monoisotopic (exact) mass is 488 g/mol. The van der Waals surface area contributed by atoms with Crippen molar-refractivity contribution in [2.24, 2.45) is 0 Å². The summed E-state index contributed by atoms with van der Waals surface area (Å²) in [7, 11) is 0. The second-order valence-corrected chi connectivity index (χ2v) is 10.3. The van der Waals surface area contributed by atoms with E-state index in [0.717, 1.165) is 67.7 Å². The number of carbonyl (C=O) groups excluding carboxylic acids is 1. The standard InChI is InChI=1S/C28H44N2O5/c1-28(2,3)35-27(31)29-16-15-22-21-30-25-14-13-23(20-24(22)25)32-17-9-6-4-5-7-10-18-33-26-12-8-11-19-34-26/h13-14,20-21,26,30H,4-12,15-19H2,1-3H3,(H,29,31). The molecule has 7 heteroatoms. The van der Waals surface area contributed by atoms with Gasteiger partial charge < -0.3 is 29.2 Å². The van der Waals surface area contributed by atoms with E-state index in [9.17, 15) is 4.79 Å². The van der Waals surface area contributed by atoms with Gasteiger partial charge in [-0.1, -0.05) is 25.7 Å². The van der Waals surface area contributed by atoms with Gasteiger partial charge in [0.1, 0.15) is 11.4 Å². The van der Waals surface area contributed by atoms with Gasteiger partial charge in [-0.25, -0.2) is 4.79 Å². The molecule has 1 aliphatic heterocycles. The summed E-state index contributed by atoms with van der Waals surface area (Å²) in [4.78, 5) is 15.2. The van der Waals surface area contributed by atoms with Crippen molar-refractivity contribution < 1.29 is 23.7 Å². The van der Waals surface area contributed by atoms with Crippen LogP contribution in [0.4, 0.5) is 4.79 Å². The van der Waals surface area contributed by atoms with Crippen molar-refractivity contribution in [3.05, 3.63) is 30.0 Å². The number of aromatic nitrogens is 1. The Labute approximate surface area is 210 Å². The average molecular weight is 489 g/mol. The van der Waals surface area contributed by atoms with Crippen LogP contribution in [0.5, 0.6) is 5.75 Å². The SMILES string of the molecule is CC(C)(C)OC(=O)NCCc1c[nH]c2ccc(OCCCCCCCCOC3CCCCO3)cc12. The van der Waals surface area contributed by atoms with Gasteiger partial charge in [0.15, 0.2) is 6.29 Å². The third-order valence-corrected chi connectivity index (χ3v) is 6.05. The number of aromatic amines is 1. The minimum absolute atomic E-state index is 0.0383. The number of hydrogen-bond acceptors (Lipinski definition) is 5. The molecular weight excluding hydrogens is 444 g/mol. The van der Waals surface area contributed by atoms with Crippen LogP contribution in [-0.4, -0.2) is 49.3 Å². The van der Waals surface area contributed by atoms with Gasteiger partial charge in [-0.05, 0) is 83.1 Å². The number of nitrogens with one attached hydrogen (secondary N) is 2. The lowest BCUT2D eigenvalue weighted by Crippen LogP contribution is -2.33. The van der Waals surface area contributed by atoms with E-state index in [0.29, 0.717) is 6.54 Å². The second-order valence-electron chi connectivity index (χ2n) is 10.3. The number of H-pyrrole nitrogens is 1. The van der Waals surface area contributed by atoms with Gasteiger partial charge in [0, 0.05) is 36.9 Å². The lowest BCUT2D eigenvalue weighted by Gasteiger charge is -2.22. The highest BCUT2D eigenvalue weighted by Gasteiger charge is 2.16. The number of benzene rings is 1. The first-order valence-electron chi connectivity index (χ1n) is 13.3. The van der Waals surface area contributed by atoms with Crippen LogP contribution in [-0.2, 0) is 20.6 Å². The highest BCUT2D eigenvalue weighted by molar-refractivity contribution is 5.84. The molecule has 1 aromatic heterocycles. The smallest absolute Gasteiger partial charge is 0.407 e. The van der Waals surface area contributed by atoms with Crippen molar-refractivity contribution >= 4 is 17.0 Å². The van der Waals surface area contributed by atoms with Crippen LogP contribution < -0.4 is 10.1 Å². The van der Waals surface area contributed by atoms with Crippen molar-refractivity contribution in [2.45, 2.75) is 96.9 Å². The minimum Gasteiger partial charge on any atom is -0.494 e. The molecule has 0 aliphatic carbocycles. The molecular formula is C28H44N2O5. The maximum atomic E-state index is 11.9. The highest BCUT2D eigenvalue weighted by atomic mass is 16.7. The average Bonchev–Trinajstić information content (AvgIpc) is 3.22. The zero-order valence-corrected chi connectivity index (χ0v) is 21.8. The van der Waals surface area contributed by atoms with E-state index < -0.39 is 5.60 Å². The third-order valence-electron chi connectivity index (χ3n) is 6.05. The van der Waals surface area contributed by atoms with Crippen molar-refractivity contribution in [3.8, 4) is 5.75 Å². The van der Waals surface area contributed by atoms with E-state index >= 15 is 0 Å². The van der Waals surface area contributed by atoms with Gasteiger partial charge in [0.2, 0.25) is 0 Å². The summed E-state index contributed by atoms with van der Waals surface area (Å²) in [6.07, 6.45) is 12.8. The molecule has 0 saturated carbocycles. The van der Waals surface area contributed by atoms with Crippen LogP contribution in [0.15, 0.2) is 24.4 Å². The predicted octanol–water partition coefficient (Wildman–Crippen LogP) is 6.50. The second kappa shape index (κ2) is 14.3. The molecule has 3 rings (SSSR count). The largest absolute Gasteiger partial charge is 0.494 e. The number of alkyl carbamates (subject to hydrolysis) is 1. The molecule has 1 amide bonds. The van der Waals surface area contributed by atoms with E-state index in [2.05, 4.69) is 22.4 Å². The first-order chi connectivity index (χ1) is 16.9. The number of carbonyl (C=O) groups is 1. The summed E-state index contributed by atoms with van der Waals surface area (Å²) >= 11 is 0. The molecule has 196 valence electrons. The summed E-state index contributed by atoms with van der Waals surface area (Å²) < 4.78 is 22.7. The number of hydrogen-bond donors (Lipinski definition) is 2. The van der Waals surface area contributed by atoms with Gasteiger partial charge in [0.25, 0.3) is 0 Å². The fraction of sp³-hybridized carbons (Fsp3) is 0.679. The minimum atomic E-state index is -0.490. The molecule has 1 aliphatic rings. The highest BCUT2D eigenvalue weighted by Crippen LogP contribution is 2.24. The van der Waals surface area contributed by atoms with Crippen LogP contribution in [0.3, 0.4) is 0 Å². The van der Waals surface area contributed by atoms with Gasteiger partial charge in [-0.3, -0.25) is 0 Å². The zero-order valence-electron chi connectivity index (χ0n) is 21.8. The van der Waals surface area contributed by atoms with Crippen molar-refractivity contribution in [3.63, 3.8) is 0 Å². The number of amides is 1. The van der Waals surface area contributed by atoms with Crippen LogP contribution in [0, 0.1) is 0 Å². The fourth-order valence-corrected chi connectivity index (χ4v) is 4.23. The Morgan fingerprint density at radius 2 is 1.86 bits per heavy atom. The van der Waals surface area contributed by atoms with Gasteiger partial charge in [-0.15, -0.1) is 0 Å². The van der Waals surface area contributed by atoms with Gasteiger partial charge in [-0.2, -0.15) is 0 Å². The summed E-state index contributed by atoms with van der Waals surface area (Å²) in [6, 6.07) is 6.15. The number of fused-ring (bicyclic) bond motifs is 1. The van der Waals surface area contributed by atoms with Crippen LogP contribution in [0.2, 0.25) is 0 Å². The molecule has 1 atom stereocenters. The Kier molecular flexibility index (Phi) is 11.2. The fourth-order valence-electron chi connectivity index (χ4n) is 4.23. The molecule has 1 saturated heterocycles. The lowest BCUT2D eigenvalue weighted by molar-refractivity contribution is -0.162.